The average molecular weight is 781 g/mol. The highest BCUT2D eigenvalue weighted by atomic mass is 16.5. The predicted octanol–water partition coefficient (Wildman–Crippen LogP) is 4.36. The van der Waals surface area contributed by atoms with Gasteiger partial charge in [-0.3, -0.25) is 50.1 Å². The number of hydrogen-bond acceptors (Lipinski definition) is 10. The number of imide groups is 2. The van der Waals surface area contributed by atoms with E-state index in [0.717, 1.165) is 30.5 Å². The first-order valence-electron chi connectivity index (χ1n) is 18.6. The summed E-state index contributed by atoms with van der Waals surface area (Å²) in [5, 5.41) is 22.0. The SMILES string of the molecule is O=C(CCCCCCN(Cc1ccccn1)C(=O)NC(=O)c1ccccc1)NO.O=C(NO)c1ccc(CN2CCN(C(=O)NC(=O)c3ccccc3)CC2)cc1. The maximum atomic E-state index is 12.7. The van der Waals surface area contributed by atoms with Gasteiger partial charge in [0.05, 0.1) is 12.2 Å². The number of aromatic nitrogens is 1. The topological polar surface area (TPSA) is 214 Å². The van der Waals surface area contributed by atoms with Crippen molar-refractivity contribution in [2.24, 2.45) is 0 Å². The zero-order chi connectivity index (χ0) is 40.8. The molecule has 0 spiro atoms. The van der Waals surface area contributed by atoms with E-state index in [1.54, 1.807) is 99.8 Å². The van der Waals surface area contributed by atoms with Gasteiger partial charge in [-0.25, -0.2) is 20.5 Å². The molecule has 300 valence electrons. The number of rotatable bonds is 14. The maximum absolute atomic E-state index is 12.7. The number of carbonyl (C=O) groups excluding carboxylic acids is 6. The lowest BCUT2D eigenvalue weighted by Crippen LogP contribution is -2.52. The fourth-order valence-corrected chi connectivity index (χ4v) is 5.81. The van der Waals surface area contributed by atoms with Crippen LogP contribution in [0.25, 0.3) is 0 Å². The van der Waals surface area contributed by atoms with E-state index in [-0.39, 0.29) is 12.5 Å². The first-order chi connectivity index (χ1) is 27.7. The van der Waals surface area contributed by atoms with Crippen molar-refractivity contribution in [2.75, 3.05) is 32.7 Å². The van der Waals surface area contributed by atoms with Crippen LogP contribution >= 0.6 is 0 Å². The highest BCUT2D eigenvalue weighted by molar-refractivity contribution is 6.04. The molecule has 4 aromatic rings. The van der Waals surface area contributed by atoms with Gasteiger partial charge < -0.3 is 9.80 Å². The molecule has 2 heterocycles. The van der Waals surface area contributed by atoms with Crippen molar-refractivity contribution >= 4 is 35.7 Å². The van der Waals surface area contributed by atoms with E-state index in [2.05, 4.69) is 20.5 Å². The summed E-state index contributed by atoms with van der Waals surface area (Å²) in [7, 11) is 0. The third-order valence-electron chi connectivity index (χ3n) is 8.97. The molecule has 0 aliphatic carbocycles. The quantitative estimate of drug-likeness (QED) is 0.0604. The summed E-state index contributed by atoms with van der Waals surface area (Å²) in [6.07, 6.45) is 4.92. The predicted molar refractivity (Wildman–Crippen MR) is 209 cm³/mol. The molecular formula is C41H48N8O8. The van der Waals surface area contributed by atoms with Crippen molar-refractivity contribution in [3.05, 3.63) is 137 Å². The molecule has 57 heavy (non-hydrogen) atoms. The summed E-state index contributed by atoms with van der Waals surface area (Å²) >= 11 is 0. The molecule has 8 amide bonds. The summed E-state index contributed by atoms with van der Waals surface area (Å²) in [5.74, 6) is -1.80. The number of hydroxylamine groups is 2. The molecule has 0 unspecified atom stereocenters. The molecule has 5 rings (SSSR count). The van der Waals surface area contributed by atoms with Crippen molar-refractivity contribution in [1.82, 2.24) is 41.3 Å². The Labute approximate surface area is 330 Å². The zero-order valence-electron chi connectivity index (χ0n) is 31.5. The van der Waals surface area contributed by atoms with E-state index >= 15 is 0 Å². The second-order valence-corrected chi connectivity index (χ2v) is 13.1. The number of urea groups is 2. The van der Waals surface area contributed by atoms with Crippen LogP contribution in [0.5, 0.6) is 0 Å². The van der Waals surface area contributed by atoms with Crippen LogP contribution in [0.1, 0.15) is 74.4 Å². The minimum absolute atomic E-state index is 0.264. The molecule has 6 N–H and O–H groups in total. The average Bonchev–Trinajstić information content (AvgIpc) is 3.25. The normalized spacial score (nSPS) is 12.3. The van der Waals surface area contributed by atoms with E-state index in [1.165, 1.54) is 0 Å². The molecule has 0 atom stereocenters. The molecule has 1 fully saturated rings. The van der Waals surface area contributed by atoms with Crippen molar-refractivity contribution in [2.45, 2.75) is 45.2 Å². The fraction of sp³-hybridized carbons (Fsp3) is 0.293. The second-order valence-electron chi connectivity index (χ2n) is 13.1. The van der Waals surface area contributed by atoms with E-state index in [1.807, 2.05) is 30.3 Å². The van der Waals surface area contributed by atoms with Gasteiger partial charge in [-0.1, -0.05) is 67.4 Å². The van der Waals surface area contributed by atoms with Crippen molar-refractivity contribution in [3.63, 3.8) is 0 Å². The van der Waals surface area contributed by atoms with Crippen molar-refractivity contribution in [1.29, 1.82) is 0 Å². The van der Waals surface area contributed by atoms with E-state index in [0.29, 0.717) is 68.9 Å². The van der Waals surface area contributed by atoms with Crippen LogP contribution in [-0.2, 0) is 17.9 Å². The van der Waals surface area contributed by atoms with Gasteiger partial charge in [0.1, 0.15) is 0 Å². The van der Waals surface area contributed by atoms with Crippen molar-refractivity contribution in [3.8, 4) is 0 Å². The largest absolute Gasteiger partial charge is 0.324 e. The summed E-state index contributed by atoms with van der Waals surface area (Å²) in [6, 6.07) is 28.8. The van der Waals surface area contributed by atoms with Crippen LogP contribution in [0.3, 0.4) is 0 Å². The second kappa shape index (κ2) is 23.4. The monoisotopic (exact) mass is 780 g/mol. The van der Waals surface area contributed by atoms with Gasteiger partial charge in [0.15, 0.2) is 0 Å². The zero-order valence-corrected chi connectivity index (χ0v) is 31.5. The number of amides is 8. The smallest absolute Gasteiger partial charge is 0.322 e. The molecule has 16 heteroatoms. The van der Waals surface area contributed by atoms with Crippen LogP contribution in [-0.4, -0.2) is 98.5 Å². The number of carbonyl (C=O) groups is 6. The van der Waals surface area contributed by atoms with Gasteiger partial charge in [0, 0.05) is 68.6 Å². The number of nitrogens with zero attached hydrogens (tertiary/aromatic N) is 4. The lowest BCUT2D eigenvalue weighted by Gasteiger charge is -2.34. The van der Waals surface area contributed by atoms with Crippen LogP contribution in [0, 0.1) is 0 Å². The van der Waals surface area contributed by atoms with Crippen LogP contribution in [0.4, 0.5) is 9.59 Å². The number of unbranched alkanes of at least 4 members (excludes halogenated alkanes) is 3. The van der Waals surface area contributed by atoms with Crippen molar-refractivity contribution < 1.29 is 39.2 Å². The number of hydrogen-bond donors (Lipinski definition) is 6. The highest BCUT2D eigenvalue weighted by Crippen LogP contribution is 2.12. The minimum atomic E-state index is -0.545. The summed E-state index contributed by atoms with van der Waals surface area (Å²) in [4.78, 5) is 81.3. The Balaban J connectivity index is 0.000000253. The van der Waals surface area contributed by atoms with Gasteiger partial charge >= 0.3 is 12.1 Å². The summed E-state index contributed by atoms with van der Waals surface area (Å²) in [6.45, 7) is 3.87. The Morgan fingerprint density at radius 3 is 1.77 bits per heavy atom. The van der Waals surface area contributed by atoms with Crippen LogP contribution in [0.2, 0.25) is 0 Å². The molecule has 0 bridgehead atoms. The standard InChI is InChI=1S/C21H26N4O4.C20H22N4O4/c26-19(24-29)13-6-1-2-9-15-25(16-18-12-7-8-14-22-18)21(28)23-20(27)17-10-4-3-5-11-17;25-18(16-4-2-1-3-5-16)21-20(27)24-12-10-23(11-13-24)14-15-6-8-17(9-7-15)19(26)22-28/h3-5,7-8,10-12,14,29H,1-2,6,9,13,15-16H2,(H,24,26)(H,23,27,28);1-9,28H,10-14H2,(H,22,26)(H,21,25,27). The molecular weight excluding hydrogens is 732 g/mol. The molecule has 0 radical (unpaired) electrons. The molecule has 1 aliphatic rings. The van der Waals surface area contributed by atoms with Gasteiger partial charge in [-0.15, -0.1) is 0 Å². The number of piperazine rings is 1. The van der Waals surface area contributed by atoms with Gasteiger partial charge in [-0.2, -0.15) is 0 Å². The van der Waals surface area contributed by atoms with E-state index < -0.39 is 29.7 Å². The minimum Gasteiger partial charge on any atom is -0.322 e. The molecule has 16 nitrogen and oxygen atoms in total. The van der Waals surface area contributed by atoms with Gasteiger partial charge in [0.2, 0.25) is 5.91 Å². The van der Waals surface area contributed by atoms with E-state index in [9.17, 15) is 28.8 Å². The maximum Gasteiger partial charge on any atom is 0.324 e. The van der Waals surface area contributed by atoms with Crippen LogP contribution < -0.4 is 21.6 Å². The molecule has 1 aliphatic heterocycles. The Morgan fingerprint density at radius 2 is 1.19 bits per heavy atom. The Kier molecular flexibility index (Phi) is 17.8. The molecule has 1 aromatic heterocycles. The summed E-state index contributed by atoms with van der Waals surface area (Å²) < 4.78 is 0. The molecule has 0 saturated carbocycles. The van der Waals surface area contributed by atoms with Gasteiger partial charge in [-0.05, 0) is 66.9 Å². The molecule has 1 saturated heterocycles. The van der Waals surface area contributed by atoms with Crippen LogP contribution in [0.15, 0.2) is 109 Å². The Morgan fingerprint density at radius 1 is 0.614 bits per heavy atom. The first kappa shape index (κ1) is 43.2. The highest BCUT2D eigenvalue weighted by Gasteiger charge is 2.23. The summed E-state index contributed by atoms with van der Waals surface area (Å²) in [5.41, 5.74) is 6.23. The Bertz CT molecular complexity index is 1890. The lowest BCUT2D eigenvalue weighted by atomic mass is 10.1. The Hall–Kier alpha value is -6.49. The van der Waals surface area contributed by atoms with E-state index in [4.69, 9.17) is 10.4 Å². The number of nitrogens with one attached hydrogen (secondary N) is 4. The molecule has 3 aromatic carbocycles. The van der Waals surface area contributed by atoms with Gasteiger partial charge in [0.25, 0.3) is 17.7 Å². The third-order valence-corrected chi connectivity index (χ3v) is 8.97. The number of benzene rings is 3. The first-order valence-corrected chi connectivity index (χ1v) is 18.6. The lowest BCUT2D eigenvalue weighted by molar-refractivity contribution is -0.129. The fourth-order valence-electron chi connectivity index (χ4n) is 5.81. The number of pyridine rings is 1. The third kappa shape index (κ3) is 14.9.